The third kappa shape index (κ3) is 1.38. The maximum atomic E-state index is 9.55. The first-order valence-corrected chi connectivity index (χ1v) is 4.94. The van der Waals surface area contributed by atoms with Crippen LogP contribution in [-0.4, -0.2) is 10.2 Å². The summed E-state index contributed by atoms with van der Waals surface area (Å²) in [4.78, 5) is 0. The number of benzene rings is 1. The first-order valence-electron chi connectivity index (χ1n) is 4.94. The molecule has 4 N–H and O–H groups in total. The van der Waals surface area contributed by atoms with E-state index in [9.17, 15) is 5.11 Å². The number of hydrogen-bond acceptors (Lipinski definition) is 3. The van der Waals surface area contributed by atoms with E-state index in [0.29, 0.717) is 5.56 Å². The predicted molar refractivity (Wildman–Crippen MR) is 53.9 cm³/mol. The van der Waals surface area contributed by atoms with Crippen molar-refractivity contribution in [3.63, 3.8) is 0 Å². The lowest BCUT2D eigenvalue weighted by molar-refractivity contribution is 0.273. The molecule has 1 aromatic rings. The topological polar surface area (TPSA) is 66.5 Å². The second-order valence-electron chi connectivity index (χ2n) is 3.79. The summed E-state index contributed by atoms with van der Waals surface area (Å²) in [5.41, 5.74) is 8.74. The van der Waals surface area contributed by atoms with Gasteiger partial charge in [-0.3, -0.25) is 0 Å². The highest BCUT2D eigenvalue weighted by Gasteiger charge is 2.20. The Morgan fingerprint density at radius 2 is 2.21 bits per heavy atom. The number of rotatable bonds is 1. The van der Waals surface area contributed by atoms with Gasteiger partial charge >= 0.3 is 0 Å². The Morgan fingerprint density at radius 3 is 2.93 bits per heavy atom. The molecule has 0 aromatic heterocycles. The van der Waals surface area contributed by atoms with Crippen molar-refractivity contribution in [1.29, 1.82) is 0 Å². The second kappa shape index (κ2) is 3.59. The molecule has 3 heteroatoms. The van der Waals surface area contributed by atoms with Crippen molar-refractivity contribution in [3.05, 3.63) is 28.8 Å². The van der Waals surface area contributed by atoms with Crippen LogP contribution >= 0.6 is 0 Å². The third-order valence-electron chi connectivity index (χ3n) is 2.94. The molecule has 1 atom stereocenters. The van der Waals surface area contributed by atoms with Gasteiger partial charge in [-0.2, -0.15) is 0 Å². The van der Waals surface area contributed by atoms with Crippen molar-refractivity contribution in [2.45, 2.75) is 31.9 Å². The minimum atomic E-state index is -0.109. The Hall–Kier alpha value is -1.06. The van der Waals surface area contributed by atoms with Gasteiger partial charge in [0.05, 0.1) is 6.61 Å². The fourth-order valence-corrected chi connectivity index (χ4v) is 2.17. The maximum Gasteiger partial charge on any atom is 0.121 e. The zero-order chi connectivity index (χ0) is 10.1. The molecule has 0 bridgehead atoms. The van der Waals surface area contributed by atoms with Crippen LogP contribution in [0.5, 0.6) is 5.75 Å². The molecule has 2 rings (SSSR count). The molecular formula is C11H15NO2. The Bertz CT molecular complexity index is 349. The maximum absolute atomic E-state index is 9.55. The fourth-order valence-electron chi connectivity index (χ4n) is 2.17. The molecule has 1 aliphatic rings. The summed E-state index contributed by atoms with van der Waals surface area (Å²) >= 11 is 0. The van der Waals surface area contributed by atoms with Crippen LogP contribution in [0, 0.1) is 0 Å². The predicted octanol–water partition coefficient (Wildman–Crippen LogP) is 1.22. The molecule has 0 spiro atoms. The highest BCUT2D eigenvalue weighted by atomic mass is 16.3. The molecule has 0 fully saturated rings. The van der Waals surface area contributed by atoms with Crippen molar-refractivity contribution < 1.29 is 10.2 Å². The van der Waals surface area contributed by atoms with Crippen LogP contribution < -0.4 is 5.73 Å². The second-order valence-corrected chi connectivity index (χ2v) is 3.79. The fraction of sp³-hybridized carbons (Fsp3) is 0.455. The molecule has 0 amide bonds. The zero-order valence-corrected chi connectivity index (χ0v) is 8.03. The quantitative estimate of drug-likeness (QED) is 0.628. The molecule has 0 saturated carbocycles. The summed E-state index contributed by atoms with van der Waals surface area (Å²) in [5, 5.41) is 18.7. The Kier molecular flexibility index (Phi) is 2.44. The van der Waals surface area contributed by atoms with Gasteiger partial charge in [0, 0.05) is 11.6 Å². The van der Waals surface area contributed by atoms with Crippen LogP contribution in [0.3, 0.4) is 0 Å². The van der Waals surface area contributed by atoms with Crippen molar-refractivity contribution in [2.24, 2.45) is 5.73 Å². The van der Waals surface area contributed by atoms with Gasteiger partial charge in [-0.25, -0.2) is 0 Å². The monoisotopic (exact) mass is 193 g/mol. The van der Waals surface area contributed by atoms with Gasteiger partial charge in [0.15, 0.2) is 0 Å². The van der Waals surface area contributed by atoms with Crippen LogP contribution in [0.1, 0.15) is 35.6 Å². The number of fused-ring (bicyclic) bond motifs is 1. The summed E-state index contributed by atoms with van der Waals surface area (Å²) in [5.74, 6) is 0.181. The molecule has 0 heterocycles. The smallest absolute Gasteiger partial charge is 0.121 e. The lowest BCUT2D eigenvalue weighted by Crippen LogP contribution is -2.18. The number of nitrogens with two attached hydrogens (primary N) is 1. The standard InChI is InChI=1S/C11H15NO2/c12-10-3-1-2-7-8(10)4-5-11(14)9(7)6-13/h4-5,10,13-14H,1-3,6,12H2/t10-/m0/s1. The van der Waals surface area contributed by atoms with Crippen molar-refractivity contribution >= 4 is 0 Å². The average Bonchev–Trinajstić information content (AvgIpc) is 2.18. The number of aliphatic hydroxyl groups excluding tert-OH is 1. The van der Waals surface area contributed by atoms with Gasteiger partial charge in [-0.1, -0.05) is 6.07 Å². The van der Waals surface area contributed by atoms with Crippen molar-refractivity contribution in [1.82, 2.24) is 0 Å². The Morgan fingerprint density at radius 1 is 1.43 bits per heavy atom. The minimum Gasteiger partial charge on any atom is -0.508 e. The molecular weight excluding hydrogens is 178 g/mol. The molecule has 0 saturated heterocycles. The highest BCUT2D eigenvalue weighted by molar-refractivity contribution is 5.46. The van der Waals surface area contributed by atoms with Crippen LogP contribution in [0.4, 0.5) is 0 Å². The van der Waals surface area contributed by atoms with Gasteiger partial charge in [0.1, 0.15) is 5.75 Å². The number of hydrogen-bond donors (Lipinski definition) is 3. The van der Waals surface area contributed by atoms with E-state index in [1.165, 1.54) is 0 Å². The van der Waals surface area contributed by atoms with Gasteiger partial charge in [0.25, 0.3) is 0 Å². The highest BCUT2D eigenvalue weighted by Crippen LogP contribution is 2.34. The van der Waals surface area contributed by atoms with E-state index in [0.717, 1.165) is 30.4 Å². The van der Waals surface area contributed by atoms with Crippen molar-refractivity contribution in [3.8, 4) is 5.75 Å². The zero-order valence-electron chi connectivity index (χ0n) is 8.03. The van der Waals surface area contributed by atoms with E-state index in [1.807, 2.05) is 6.07 Å². The number of aromatic hydroxyl groups is 1. The number of phenols is 1. The average molecular weight is 193 g/mol. The van der Waals surface area contributed by atoms with Gasteiger partial charge < -0.3 is 15.9 Å². The molecule has 3 nitrogen and oxygen atoms in total. The molecule has 76 valence electrons. The lowest BCUT2D eigenvalue weighted by atomic mass is 9.85. The van der Waals surface area contributed by atoms with E-state index < -0.39 is 0 Å². The molecule has 0 unspecified atom stereocenters. The van der Waals surface area contributed by atoms with E-state index in [1.54, 1.807) is 6.07 Å². The van der Waals surface area contributed by atoms with E-state index in [-0.39, 0.29) is 18.4 Å². The van der Waals surface area contributed by atoms with Crippen molar-refractivity contribution in [2.75, 3.05) is 0 Å². The van der Waals surface area contributed by atoms with Gasteiger partial charge in [-0.05, 0) is 36.5 Å². The van der Waals surface area contributed by atoms with E-state index in [2.05, 4.69) is 0 Å². The first kappa shape index (κ1) is 9.49. The first-order chi connectivity index (χ1) is 6.74. The van der Waals surface area contributed by atoms with Gasteiger partial charge in [-0.15, -0.1) is 0 Å². The largest absolute Gasteiger partial charge is 0.508 e. The normalized spacial score (nSPS) is 20.6. The van der Waals surface area contributed by atoms with E-state index >= 15 is 0 Å². The molecule has 1 aliphatic carbocycles. The van der Waals surface area contributed by atoms with Crippen LogP contribution in [0.2, 0.25) is 0 Å². The summed E-state index contributed by atoms with van der Waals surface area (Å²) in [6.45, 7) is -0.109. The van der Waals surface area contributed by atoms with E-state index in [4.69, 9.17) is 10.8 Å². The summed E-state index contributed by atoms with van der Waals surface area (Å²) in [7, 11) is 0. The molecule has 0 radical (unpaired) electrons. The number of aliphatic hydroxyl groups is 1. The summed E-state index contributed by atoms with van der Waals surface area (Å²) < 4.78 is 0. The Balaban J connectivity index is 2.55. The van der Waals surface area contributed by atoms with Gasteiger partial charge in [0.2, 0.25) is 0 Å². The lowest BCUT2D eigenvalue weighted by Gasteiger charge is -2.24. The third-order valence-corrected chi connectivity index (χ3v) is 2.94. The van der Waals surface area contributed by atoms with Crippen LogP contribution in [0.15, 0.2) is 12.1 Å². The summed E-state index contributed by atoms with van der Waals surface area (Å²) in [6.07, 6.45) is 2.93. The summed E-state index contributed by atoms with van der Waals surface area (Å²) in [6, 6.07) is 3.55. The van der Waals surface area contributed by atoms with Crippen LogP contribution in [0.25, 0.3) is 0 Å². The SMILES string of the molecule is N[C@H]1CCCc2c1ccc(O)c2CO. The van der Waals surface area contributed by atoms with Crippen LogP contribution in [-0.2, 0) is 13.0 Å². The molecule has 14 heavy (non-hydrogen) atoms. The molecule has 1 aromatic carbocycles. The minimum absolute atomic E-state index is 0.0599. The molecule has 0 aliphatic heterocycles. The Labute approximate surface area is 83.2 Å².